The van der Waals surface area contributed by atoms with Gasteiger partial charge in [0.25, 0.3) is 0 Å². The second-order valence-electron chi connectivity index (χ2n) is 15.1. The zero-order valence-electron chi connectivity index (χ0n) is 31.0. The normalized spacial score (nSPS) is 13.1. The average Bonchev–Trinajstić information content (AvgIpc) is 3.89. The molecule has 12 rings (SSSR count). The Morgan fingerprint density at radius 1 is 0.386 bits per heavy atom. The molecule has 10 aromatic rings. The minimum absolute atomic E-state index is 0.436. The van der Waals surface area contributed by atoms with E-state index in [-0.39, 0.29) is 0 Å². The second-order valence-corrected chi connectivity index (χ2v) is 15.1. The van der Waals surface area contributed by atoms with Crippen molar-refractivity contribution in [3.63, 3.8) is 0 Å². The molecule has 0 bridgehead atoms. The molecule has 0 saturated heterocycles. The first-order valence-corrected chi connectivity index (χ1v) is 19.6. The zero-order chi connectivity index (χ0) is 37.5. The first kappa shape index (κ1) is 31.8. The van der Waals surface area contributed by atoms with Crippen molar-refractivity contribution in [1.29, 1.82) is 0 Å². The van der Waals surface area contributed by atoms with E-state index < -0.39 is 5.41 Å². The lowest BCUT2D eigenvalue weighted by molar-refractivity contribution is 0.793. The van der Waals surface area contributed by atoms with Gasteiger partial charge >= 0.3 is 0 Å². The maximum Gasteiger partial charge on any atom is 0.0726 e. The van der Waals surface area contributed by atoms with E-state index in [4.69, 9.17) is 0 Å². The first-order chi connectivity index (χ1) is 28.3. The lowest BCUT2D eigenvalue weighted by Gasteiger charge is -2.32. The summed E-state index contributed by atoms with van der Waals surface area (Å²) in [6, 6.07) is 73.7. The van der Waals surface area contributed by atoms with Gasteiger partial charge in [0.2, 0.25) is 0 Å². The molecular formula is C54H35N3. The third-order valence-corrected chi connectivity index (χ3v) is 12.3. The van der Waals surface area contributed by atoms with Crippen LogP contribution in [0.1, 0.15) is 22.3 Å². The smallest absolute Gasteiger partial charge is 0.0726 e. The number of benzene rings is 8. The van der Waals surface area contributed by atoms with Gasteiger partial charge in [-0.05, 0) is 116 Å². The Balaban J connectivity index is 1.12. The summed E-state index contributed by atoms with van der Waals surface area (Å²) in [5, 5.41) is 2.47. The predicted octanol–water partition coefficient (Wildman–Crippen LogP) is 13.7. The summed E-state index contributed by atoms with van der Waals surface area (Å²) in [4.78, 5) is 6.83. The number of para-hydroxylation sites is 2. The fraction of sp³-hybridized carbons (Fsp3) is 0.0185. The van der Waals surface area contributed by atoms with Gasteiger partial charge < -0.3 is 9.47 Å². The van der Waals surface area contributed by atoms with Crippen molar-refractivity contribution in [2.45, 2.75) is 5.41 Å². The molecule has 2 aliphatic carbocycles. The number of rotatable bonds is 5. The molecule has 2 aromatic heterocycles. The maximum absolute atomic E-state index is 4.40. The molecule has 0 unspecified atom stereocenters. The quantitative estimate of drug-likeness (QED) is 0.176. The largest absolute Gasteiger partial charge is 0.310 e. The maximum atomic E-state index is 4.40. The van der Waals surface area contributed by atoms with E-state index in [2.05, 4.69) is 209 Å². The molecule has 0 fully saturated rings. The Morgan fingerprint density at radius 2 is 0.947 bits per heavy atom. The highest BCUT2D eigenvalue weighted by molar-refractivity contribution is 6.10. The summed E-state index contributed by atoms with van der Waals surface area (Å²) in [6.45, 7) is 0. The van der Waals surface area contributed by atoms with Crippen molar-refractivity contribution < 1.29 is 0 Å². The number of anilines is 3. The van der Waals surface area contributed by atoms with Gasteiger partial charge in [-0.25, -0.2) is 0 Å². The van der Waals surface area contributed by atoms with Crippen LogP contribution in [0.15, 0.2) is 213 Å². The molecule has 8 aromatic carbocycles. The summed E-state index contributed by atoms with van der Waals surface area (Å²) >= 11 is 0. The van der Waals surface area contributed by atoms with Crippen LogP contribution in [0, 0.1) is 0 Å². The van der Waals surface area contributed by atoms with Crippen LogP contribution in [0.4, 0.5) is 17.1 Å². The number of pyridine rings is 1. The minimum atomic E-state index is -0.436. The van der Waals surface area contributed by atoms with E-state index in [0.717, 1.165) is 33.9 Å². The molecular weight excluding hydrogens is 691 g/mol. The van der Waals surface area contributed by atoms with Crippen molar-refractivity contribution in [1.82, 2.24) is 9.55 Å². The molecule has 266 valence electrons. The zero-order valence-corrected chi connectivity index (χ0v) is 31.0. The van der Waals surface area contributed by atoms with E-state index in [0.29, 0.717) is 0 Å². The van der Waals surface area contributed by atoms with E-state index in [1.54, 1.807) is 0 Å². The number of hydrogen-bond acceptors (Lipinski definition) is 2. The van der Waals surface area contributed by atoms with Crippen LogP contribution >= 0.6 is 0 Å². The van der Waals surface area contributed by atoms with Crippen LogP contribution < -0.4 is 4.90 Å². The molecule has 57 heavy (non-hydrogen) atoms. The Labute approximate surface area is 331 Å². The van der Waals surface area contributed by atoms with Gasteiger partial charge in [-0.1, -0.05) is 140 Å². The molecule has 0 saturated carbocycles. The van der Waals surface area contributed by atoms with Crippen LogP contribution in [0.5, 0.6) is 0 Å². The SMILES string of the molecule is c1ccc(-n2c3ccccc3c3ccc(N(c4ccc(-c5cccnc5)cc4)c4ccc5c(c4)C4(c6ccccc6-c6ccccc64)c4ccccc4-5)cc32)cc1. The van der Waals surface area contributed by atoms with Crippen LogP contribution in [0.3, 0.4) is 0 Å². The Hall–Kier alpha value is -7.49. The second kappa shape index (κ2) is 12.3. The summed E-state index contributed by atoms with van der Waals surface area (Å²) in [5.41, 5.74) is 19.1. The standard InChI is InChI=1S/C54H35N3/c1-2-14-38(15-3-1)57-52-23-11-7-19-46(52)47-31-29-41(34-53(47)57)56(39-26-24-36(25-27-39)37-13-12-32-55-35-37)40-28-30-45-44-18-6-10-22-50(44)54(51(45)33-40)48-20-8-4-16-42(48)43-17-5-9-21-49(43)54/h1-35H. The minimum Gasteiger partial charge on any atom is -0.310 e. The molecule has 0 aliphatic heterocycles. The van der Waals surface area contributed by atoms with E-state index in [1.165, 1.54) is 66.3 Å². The lowest BCUT2D eigenvalue weighted by Crippen LogP contribution is -2.26. The number of fused-ring (bicyclic) bond motifs is 13. The molecule has 0 N–H and O–H groups in total. The van der Waals surface area contributed by atoms with Crippen LogP contribution in [-0.2, 0) is 5.41 Å². The monoisotopic (exact) mass is 725 g/mol. The molecule has 0 radical (unpaired) electrons. The Kier molecular flexibility index (Phi) is 6.84. The fourth-order valence-corrected chi connectivity index (χ4v) is 9.96. The summed E-state index contributed by atoms with van der Waals surface area (Å²) < 4.78 is 2.40. The van der Waals surface area contributed by atoms with Gasteiger partial charge in [-0.15, -0.1) is 0 Å². The average molecular weight is 726 g/mol. The van der Waals surface area contributed by atoms with Crippen molar-refractivity contribution in [2.24, 2.45) is 0 Å². The third-order valence-electron chi connectivity index (χ3n) is 12.3. The molecule has 2 heterocycles. The van der Waals surface area contributed by atoms with Crippen molar-refractivity contribution in [3.05, 3.63) is 235 Å². The fourth-order valence-electron chi connectivity index (χ4n) is 9.96. The highest BCUT2D eigenvalue weighted by Gasteiger charge is 2.51. The van der Waals surface area contributed by atoms with Crippen LogP contribution in [-0.4, -0.2) is 9.55 Å². The van der Waals surface area contributed by atoms with Gasteiger partial charge in [0.1, 0.15) is 0 Å². The van der Waals surface area contributed by atoms with Crippen molar-refractivity contribution >= 4 is 38.9 Å². The molecule has 2 aliphatic rings. The summed E-state index contributed by atoms with van der Waals surface area (Å²) in [5.74, 6) is 0. The van der Waals surface area contributed by atoms with E-state index in [1.807, 2.05) is 18.5 Å². The van der Waals surface area contributed by atoms with Gasteiger partial charge in [0, 0.05) is 45.9 Å². The van der Waals surface area contributed by atoms with Gasteiger partial charge in [0.15, 0.2) is 0 Å². The molecule has 0 amide bonds. The Bertz CT molecular complexity index is 3110. The summed E-state index contributed by atoms with van der Waals surface area (Å²) in [6.07, 6.45) is 3.75. The Morgan fingerprint density at radius 3 is 1.63 bits per heavy atom. The van der Waals surface area contributed by atoms with Gasteiger partial charge in [-0.2, -0.15) is 0 Å². The van der Waals surface area contributed by atoms with E-state index >= 15 is 0 Å². The molecule has 3 heteroatoms. The summed E-state index contributed by atoms with van der Waals surface area (Å²) in [7, 11) is 0. The number of aromatic nitrogens is 2. The third kappa shape index (κ3) is 4.51. The number of nitrogens with zero attached hydrogens (tertiary/aromatic N) is 3. The number of hydrogen-bond donors (Lipinski definition) is 0. The predicted molar refractivity (Wildman–Crippen MR) is 235 cm³/mol. The first-order valence-electron chi connectivity index (χ1n) is 19.6. The lowest BCUT2D eigenvalue weighted by atomic mass is 9.70. The van der Waals surface area contributed by atoms with Gasteiger partial charge in [0.05, 0.1) is 16.4 Å². The highest BCUT2D eigenvalue weighted by atomic mass is 15.1. The van der Waals surface area contributed by atoms with Crippen molar-refractivity contribution in [2.75, 3.05) is 4.90 Å². The van der Waals surface area contributed by atoms with Crippen LogP contribution in [0.25, 0.3) is 60.9 Å². The van der Waals surface area contributed by atoms with Crippen molar-refractivity contribution in [3.8, 4) is 39.1 Å². The molecule has 0 atom stereocenters. The van der Waals surface area contributed by atoms with Crippen LogP contribution in [0.2, 0.25) is 0 Å². The van der Waals surface area contributed by atoms with E-state index in [9.17, 15) is 0 Å². The molecule has 3 nitrogen and oxygen atoms in total. The highest BCUT2D eigenvalue weighted by Crippen LogP contribution is 2.63. The van der Waals surface area contributed by atoms with Gasteiger partial charge in [-0.3, -0.25) is 4.98 Å². The topological polar surface area (TPSA) is 21.1 Å². The molecule has 1 spiro atoms.